The summed E-state index contributed by atoms with van der Waals surface area (Å²) in [5.41, 5.74) is 1.19. The molecule has 150 valence electrons. The molecule has 1 atom stereocenters. The Kier molecular flexibility index (Phi) is 6.31. The zero-order valence-corrected chi connectivity index (χ0v) is 16.7. The molecule has 0 saturated carbocycles. The summed E-state index contributed by atoms with van der Waals surface area (Å²) in [6.45, 7) is 5.94. The van der Waals surface area contributed by atoms with Gasteiger partial charge in [0.25, 0.3) is 0 Å². The maximum absolute atomic E-state index is 12.7. The summed E-state index contributed by atoms with van der Waals surface area (Å²) < 4.78 is 22.0. The van der Waals surface area contributed by atoms with Gasteiger partial charge in [0, 0.05) is 31.7 Å². The van der Waals surface area contributed by atoms with Crippen LogP contribution in [0.25, 0.3) is 0 Å². The fourth-order valence-corrected chi connectivity index (χ4v) is 4.18. The first-order valence-electron chi connectivity index (χ1n) is 9.63. The lowest BCUT2D eigenvalue weighted by molar-refractivity contribution is 0.0525. The highest BCUT2D eigenvalue weighted by atomic mass is 16.5. The van der Waals surface area contributed by atoms with Crippen LogP contribution in [0.1, 0.15) is 36.5 Å². The van der Waals surface area contributed by atoms with Gasteiger partial charge in [-0.3, -0.25) is 4.90 Å². The van der Waals surface area contributed by atoms with E-state index in [4.69, 9.17) is 18.9 Å². The van der Waals surface area contributed by atoms with E-state index in [2.05, 4.69) is 9.80 Å². The van der Waals surface area contributed by atoms with Gasteiger partial charge in [-0.05, 0) is 26.3 Å². The number of piperazine rings is 1. The van der Waals surface area contributed by atoms with Gasteiger partial charge in [-0.15, -0.1) is 0 Å². The van der Waals surface area contributed by atoms with E-state index in [1.165, 1.54) is 19.3 Å². The molecule has 0 spiro atoms. The molecule has 3 rings (SSSR count). The lowest BCUT2D eigenvalue weighted by atomic mass is 9.98. The van der Waals surface area contributed by atoms with Crippen LogP contribution in [0.5, 0.6) is 17.2 Å². The van der Waals surface area contributed by atoms with E-state index in [1.807, 2.05) is 0 Å². The minimum atomic E-state index is -0.377. The second-order valence-corrected chi connectivity index (χ2v) is 6.89. The van der Waals surface area contributed by atoms with E-state index in [0.29, 0.717) is 35.5 Å². The maximum atomic E-state index is 12.7. The SMILES string of the molecule is CCOC(=O)c1cc(OC)c(OC)c(OC)c1N1CCN2CCCCC2C1. The smallest absolute Gasteiger partial charge is 0.340 e. The topological polar surface area (TPSA) is 60.5 Å². The molecule has 2 heterocycles. The van der Waals surface area contributed by atoms with Gasteiger partial charge in [0.05, 0.1) is 39.2 Å². The van der Waals surface area contributed by atoms with Crippen molar-refractivity contribution in [3.05, 3.63) is 11.6 Å². The van der Waals surface area contributed by atoms with Gasteiger partial charge in [-0.1, -0.05) is 6.42 Å². The number of rotatable bonds is 6. The van der Waals surface area contributed by atoms with Crippen LogP contribution >= 0.6 is 0 Å². The zero-order chi connectivity index (χ0) is 19.4. The van der Waals surface area contributed by atoms with E-state index in [9.17, 15) is 4.79 Å². The van der Waals surface area contributed by atoms with Crippen LogP contribution in [-0.4, -0.2) is 71.0 Å². The zero-order valence-electron chi connectivity index (χ0n) is 16.7. The Bertz CT molecular complexity index is 679. The highest BCUT2D eigenvalue weighted by molar-refractivity contribution is 5.99. The number of fused-ring (bicyclic) bond motifs is 1. The lowest BCUT2D eigenvalue weighted by Gasteiger charge is -2.45. The molecule has 7 heteroatoms. The van der Waals surface area contributed by atoms with Crippen molar-refractivity contribution in [2.24, 2.45) is 0 Å². The molecule has 0 aliphatic carbocycles. The Labute approximate surface area is 161 Å². The average molecular weight is 378 g/mol. The highest BCUT2D eigenvalue weighted by Crippen LogP contribution is 2.47. The number of anilines is 1. The number of piperidine rings is 1. The fourth-order valence-electron chi connectivity index (χ4n) is 4.18. The van der Waals surface area contributed by atoms with Crippen molar-refractivity contribution in [2.75, 3.05) is 59.0 Å². The Morgan fingerprint density at radius 2 is 1.85 bits per heavy atom. The number of hydrogen-bond acceptors (Lipinski definition) is 7. The third-order valence-corrected chi connectivity index (χ3v) is 5.45. The van der Waals surface area contributed by atoms with Crippen molar-refractivity contribution in [1.82, 2.24) is 4.90 Å². The number of esters is 1. The van der Waals surface area contributed by atoms with Crippen LogP contribution in [0, 0.1) is 0 Å². The molecule has 1 aromatic rings. The number of benzene rings is 1. The maximum Gasteiger partial charge on any atom is 0.340 e. The lowest BCUT2D eigenvalue weighted by Crippen LogP contribution is -2.55. The van der Waals surface area contributed by atoms with Crippen LogP contribution in [0.2, 0.25) is 0 Å². The Morgan fingerprint density at radius 3 is 2.52 bits per heavy atom. The molecule has 1 unspecified atom stereocenters. The van der Waals surface area contributed by atoms with E-state index in [-0.39, 0.29) is 5.97 Å². The molecule has 0 bridgehead atoms. The second kappa shape index (κ2) is 8.69. The monoisotopic (exact) mass is 378 g/mol. The van der Waals surface area contributed by atoms with Crippen molar-refractivity contribution >= 4 is 11.7 Å². The Hall–Kier alpha value is -2.15. The molecule has 1 aromatic carbocycles. The van der Waals surface area contributed by atoms with Crippen molar-refractivity contribution in [2.45, 2.75) is 32.2 Å². The normalized spacial score (nSPS) is 20.0. The standard InChI is InChI=1S/C20H30N2O5/c1-5-27-20(23)15-12-16(24-2)18(25-3)19(26-4)17(15)22-11-10-21-9-7-6-8-14(21)13-22/h12,14H,5-11,13H2,1-4H3. The molecule has 0 amide bonds. The van der Waals surface area contributed by atoms with Crippen LogP contribution in [0.3, 0.4) is 0 Å². The molecular formula is C20H30N2O5. The Balaban J connectivity index is 2.06. The van der Waals surface area contributed by atoms with Gasteiger partial charge in [-0.25, -0.2) is 4.79 Å². The first-order valence-corrected chi connectivity index (χ1v) is 9.63. The molecule has 2 aliphatic heterocycles. The van der Waals surface area contributed by atoms with E-state index < -0.39 is 0 Å². The summed E-state index contributed by atoms with van der Waals surface area (Å²) >= 11 is 0. The number of carbonyl (C=O) groups is 1. The number of nitrogens with zero attached hydrogens (tertiary/aromatic N) is 2. The largest absolute Gasteiger partial charge is 0.493 e. The summed E-state index contributed by atoms with van der Waals surface area (Å²) in [5, 5.41) is 0. The average Bonchev–Trinajstić information content (AvgIpc) is 2.71. The van der Waals surface area contributed by atoms with Crippen LogP contribution < -0.4 is 19.1 Å². The number of carbonyl (C=O) groups excluding carboxylic acids is 1. The molecule has 0 radical (unpaired) electrons. The number of ether oxygens (including phenoxy) is 4. The minimum Gasteiger partial charge on any atom is -0.493 e. The predicted molar refractivity (Wildman–Crippen MR) is 103 cm³/mol. The van der Waals surface area contributed by atoms with Gasteiger partial charge in [-0.2, -0.15) is 0 Å². The molecule has 27 heavy (non-hydrogen) atoms. The molecule has 2 aliphatic rings. The highest BCUT2D eigenvalue weighted by Gasteiger charge is 2.34. The van der Waals surface area contributed by atoms with E-state index in [0.717, 1.165) is 31.9 Å². The van der Waals surface area contributed by atoms with E-state index >= 15 is 0 Å². The van der Waals surface area contributed by atoms with Crippen LogP contribution in [-0.2, 0) is 4.74 Å². The third kappa shape index (κ3) is 3.78. The molecule has 2 saturated heterocycles. The predicted octanol–water partition coefficient (Wildman–Crippen LogP) is 2.56. The number of methoxy groups -OCH3 is 3. The van der Waals surface area contributed by atoms with Gasteiger partial charge < -0.3 is 23.8 Å². The van der Waals surface area contributed by atoms with Gasteiger partial charge in [0.2, 0.25) is 5.75 Å². The van der Waals surface area contributed by atoms with Gasteiger partial charge >= 0.3 is 5.97 Å². The third-order valence-electron chi connectivity index (χ3n) is 5.45. The van der Waals surface area contributed by atoms with Crippen LogP contribution in [0.15, 0.2) is 6.07 Å². The minimum absolute atomic E-state index is 0.311. The first-order chi connectivity index (χ1) is 13.1. The Morgan fingerprint density at radius 1 is 1.07 bits per heavy atom. The van der Waals surface area contributed by atoms with E-state index in [1.54, 1.807) is 34.3 Å². The summed E-state index contributed by atoms with van der Waals surface area (Å²) in [5.74, 6) is 1.09. The van der Waals surface area contributed by atoms with Gasteiger partial charge in [0.1, 0.15) is 0 Å². The first kappa shape index (κ1) is 19.6. The van der Waals surface area contributed by atoms with Crippen LogP contribution in [0.4, 0.5) is 5.69 Å². The van der Waals surface area contributed by atoms with Crippen molar-refractivity contribution in [3.63, 3.8) is 0 Å². The summed E-state index contributed by atoms with van der Waals surface area (Å²) in [4.78, 5) is 17.5. The summed E-state index contributed by atoms with van der Waals surface area (Å²) in [6.07, 6.45) is 3.70. The summed E-state index contributed by atoms with van der Waals surface area (Å²) in [7, 11) is 4.71. The van der Waals surface area contributed by atoms with Crippen molar-refractivity contribution in [3.8, 4) is 17.2 Å². The van der Waals surface area contributed by atoms with Gasteiger partial charge in [0.15, 0.2) is 11.5 Å². The molecule has 2 fully saturated rings. The van der Waals surface area contributed by atoms with Crippen molar-refractivity contribution < 1.29 is 23.7 Å². The molecule has 0 N–H and O–H groups in total. The van der Waals surface area contributed by atoms with Crippen molar-refractivity contribution in [1.29, 1.82) is 0 Å². The second-order valence-electron chi connectivity index (χ2n) is 6.89. The molecule has 0 aromatic heterocycles. The number of hydrogen-bond donors (Lipinski definition) is 0. The molecule has 7 nitrogen and oxygen atoms in total. The summed E-state index contributed by atoms with van der Waals surface area (Å²) in [6, 6.07) is 2.20. The fraction of sp³-hybridized carbons (Fsp3) is 0.650. The quantitative estimate of drug-likeness (QED) is 0.705. The molecular weight excluding hydrogens is 348 g/mol.